The molecule has 0 aliphatic rings. The van der Waals surface area contributed by atoms with Crippen LogP contribution in [-0.2, 0) is 16.4 Å². The Balaban J connectivity index is 2.98. The Hall–Kier alpha value is -1.38. The minimum absolute atomic E-state index is 0.297. The van der Waals surface area contributed by atoms with Gasteiger partial charge in [0.1, 0.15) is 0 Å². The largest absolute Gasteiger partial charge is 0.243 e. The van der Waals surface area contributed by atoms with Gasteiger partial charge in [-0.05, 0) is 23.6 Å². The van der Waals surface area contributed by atoms with Crippen LogP contribution in [0.25, 0.3) is 0 Å². The maximum atomic E-state index is 12.7. The Morgan fingerprint density at radius 1 is 1.14 bits per heavy atom. The van der Waals surface area contributed by atoms with Gasteiger partial charge < -0.3 is 0 Å². The minimum atomic E-state index is -3.45. The van der Waals surface area contributed by atoms with Crippen molar-refractivity contribution in [2.24, 2.45) is 5.92 Å². The summed E-state index contributed by atoms with van der Waals surface area (Å²) in [5.74, 6) is 0.387. The molecule has 21 heavy (non-hydrogen) atoms. The molecule has 0 aromatic heterocycles. The smallest absolute Gasteiger partial charge is 0.207 e. The maximum Gasteiger partial charge on any atom is 0.243 e. The summed E-state index contributed by atoms with van der Waals surface area (Å²) in [6.07, 6.45) is 2.25. The van der Waals surface area contributed by atoms with Gasteiger partial charge in [-0.25, -0.2) is 8.42 Å². The predicted molar refractivity (Wildman–Crippen MR) is 84.3 cm³/mol. The number of rotatable bonds is 8. The van der Waals surface area contributed by atoms with E-state index in [1.54, 1.807) is 28.6 Å². The minimum Gasteiger partial charge on any atom is -0.207 e. The van der Waals surface area contributed by atoms with Crippen molar-refractivity contribution in [2.75, 3.05) is 13.1 Å². The highest BCUT2D eigenvalue weighted by Gasteiger charge is 2.24. The Bertz CT molecular complexity index is 569. The molecule has 1 aromatic rings. The summed E-state index contributed by atoms with van der Waals surface area (Å²) < 4.78 is 26.9. The number of sulfonamides is 1. The maximum absolute atomic E-state index is 12.7. The van der Waals surface area contributed by atoms with Crippen LogP contribution in [0.2, 0.25) is 0 Å². The molecule has 0 bridgehead atoms. The second-order valence-electron chi connectivity index (χ2n) is 5.12. The lowest BCUT2D eigenvalue weighted by Gasteiger charge is -2.24. The van der Waals surface area contributed by atoms with Gasteiger partial charge in [-0.2, -0.15) is 9.57 Å². The first-order chi connectivity index (χ1) is 9.99. The lowest BCUT2D eigenvalue weighted by Crippen LogP contribution is -2.35. The Kier molecular flexibility index (Phi) is 6.86. The zero-order valence-corrected chi connectivity index (χ0v) is 13.9. The molecule has 1 rings (SSSR count). The van der Waals surface area contributed by atoms with E-state index in [0.717, 1.165) is 18.4 Å². The van der Waals surface area contributed by atoms with Gasteiger partial charge in [-0.3, -0.25) is 0 Å². The fourth-order valence-corrected chi connectivity index (χ4v) is 3.78. The molecule has 0 unspecified atom stereocenters. The monoisotopic (exact) mass is 308 g/mol. The first kappa shape index (κ1) is 17.7. The molecular weight excluding hydrogens is 284 g/mol. The summed E-state index contributed by atoms with van der Waals surface area (Å²) in [5.41, 5.74) is 0.833. The van der Waals surface area contributed by atoms with Crippen molar-refractivity contribution in [3.05, 3.63) is 29.8 Å². The molecule has 0 N–H and O–H groups in total. The van der Waals surface area contributed by atoms with Crippen molar-refractivity contribution in [3.63, 3.8) is 0 Å². The standard InChI is InChI=1S/C16H24N2O2S/c1-4-14(5-2)13-18(6-3)21(19,20)16-9-7-15(8-10-16)11-12-17/h7-10,14H,4-6,11,13H2,1-3H3. The molecule has 1 aromatic carbocycles. The second-order valence-corrected chi connectivity index (χ2v) is 7.05. The fourth-order valence-electron chi connectivity index (χ4n) is 2.25. The van der Waals surface area contributed by atoms with Gasteiger partial charge in [0.05, 0.1) is 17.4 Å². The molecule has 0 heterocycles. The van der Waals surface area contributed by atoms with E-state index < -0.39 is 10.0 Å². The van der Waals surface area contributed by atoms with Gasteiger partial charge in [-0.15, -0.1) is 0 Å². The molecule has 0 saturated carbocycles. The first-order valence-electron chi connectivity index (χ1n) is 7.45. The van der Waals surface area contributed by atoms with Crippen LogP contribution in [0.3, 0.4) is 0 Å². The van der Waals surface area contributed by atoms with E-state index in [4.69, 9.17) is 5.26 Å². The summed E-state index contributed by atoms with van der Waals surface area (Å²) in [6.45, 7) is 7.07. The van der Waals surface area contributed by atoms with Crippen LogP contribution in [-0.4, -0.2) is 25.8 Å². The van der Waals surface area contributed by atoms with E-state index in [1.165, 1.54) is 0 Å². The van der Waals surface area contributed by atoms with E-state index in [9.17, 15) is 8.42 Å². The third-order valence-corrected chi connectivity index (χ3v) is 5.77. The summed E-state index contributed by atoms with van der Waals surface area (Å²) in [7, 11) is -3.45. The van der Waals surface area contributed by atoms with Crippen molar-refractivity contribution in [1.82, 2.24) is 4.31 Å². The molecule has 0 saturated heterocycles. The number of nitriles is 1. The Labute approximate surface area is 128 Å². The lowest BCUT2D eigenvalue weighted by molar-refractivity contribution is 0.339. The molecule has 4 nitrogen and oxygen atoms in total. The third-order valence-electron chi connectivity index (χ3n) is 3.81. The van der Waals surface area contributed by atoms with E-state index >= 15 is 0 Å². The van der Waals surface area contributed by atoms with Crippen LogP contribution in [0.1, 0.15) is 39.2 Å². The normalized spacial score (nSPS) is 11.8. The summed E-state index contributed by atoms with van der Waals surface area (Å²) in [6, 6.07) is 8.67. The van der Waals surface area contributed by atoms with E-state index in [1.807, 2.05) is 6.92 Å². The van der Waals surface area contributed by atoms with Gasteiger partial charge in [0.25, 0.3) is 0 Å². The number of hydrogen-bond acceptors (Lipinski definition) is 3. The second kappa shape index (κ2) is 8.16. The van der Waals surface area contributed by atoms with Crippen molar-refractivity contribution in [2.45, 2.75) is 44.9 Å². The predicted octanol–water partition coefficient (Wildman–Crippen LogP) is 3.20. The van der Waals surface area contributed by atoms with Gasteiger partial charge in [0.15, 0.2) is 0 Å². The first-order valence-corrected chi connectivity index (χ1v) is 8.89. The molecule has 5 heteroatoms. The number of hydrogen-bond donors (Lipinski definition) is 0. The quantitative estimate of drug-likeness (QED) is 0.741. The van der Waals surface area contributed by atoms with E-state index in [2.05, 4.69) is 19.9 Å². The van der Waals surface area contributed by atoms with Gasteiger partial charge in [-0.1, -0.05) is 45.7 Å². The van der Waals surface area contributed by atoms with Crippen LogP contribution in [0, 0.1) is 17.2 Å². The highest BCUT2D eigenvalue weighted by molar-refractivity contribution is 7.89. The summed E-state index contributed by atoms with van der Waals surface area (Å²) in [4.78, 5) is 0.303. The Morgan fingerprint density at radius 2 is 1.71 bits per heavy atom. The van der Waals surface area contributed by atoms with Crippen LogP contribution >= 0.6 is 0 Å². The SMILES string of the molecule is CCC(CC)CN(CC)S(=O)(=O)c1ccc(CC#N)cc1. The highest BCUT2D eigenvalue weighted by atomic mass is 32.2. The van der Waals surface area contributed by atoms with E-state index in [0.29, 0.717) is 30.3 Å². The van der Waals surface area contributed by atoms with Crippen LogP contribution in [0.4, 0.5) is 0 Å². The summed E-state index contributed by atoms with van der Waals surface area (Å²) >= 11 is 0. The van der Waals surface area contributed by atoms with Crippen molar-refractivity contribution in [3.8, 4) is 6.07 Å². The molecule has 116 valence electrons. The molecule has 0 atom stereocenters. The van der Waals surface area contributed by atoms with Crippen molar-refractivity contribution >= 4 is 10.0 Å². The van der Waals surface area contributed by atoms with Gasteiger partial charge >= 0.3 is 0 Å². The van der Waals surface area contributed by atoms with Crippen molar-refractivity contribution < 1.29 is 8.42 Å². The van der Waals surface area contributed by atoms with Crippen LogP contribution in [0.5, 0.6) is 0 Å². The molecule has 0 radical (unpaired) electrons. The highest BCUT2D eigenvalue weighted by Crippen LogP contribution is 2.20. The molecule has 0 aliphatic carbocycles. The number of benzene rings is 1. The average molecular weight is 308 g/mol. The molecule has 0 fully saturated rings. The molecule has 0 amide bonds. The third kappa shape index (κ3) is 4.55. The average Bonchev–Trinajstić information content (AvgIpc) is 2.49. The Morgan fingerprint density at radius 3 is 2.14 bits per heavy atom. The summed E-state index contributed by atoms with van der Waals surface area (Å²) in [5, 5.41) is 8.65. The molecule has 0 aliphatic heterocycles. The van der Waals surface area contributed by atoms with Crippen molar-refractivity contribution in [1.29, 1.82) is 5.26 Å². The van der Waals surface area contributed by atoms with Gasteiger partial charge in [0.2, 0.25) is 10.0 Å². The zero-order valence-electron chi connectivity index (χ0n) is 13.0. The molecule has 0 spiro atoms. The lowest BCUT2D eigenvalue weighted by atomic mass is 10.0. The fraction of sp³-hybridized carbons (Fsp3) is 0.562. The number of nitrogens with zero attached hydrogens (tertiary/aromatic N) is 2. The van der Waals surface area contributed by atoms with Gasteiger partial charge in [0, 0.05) is 13.1 Å². The van der Waals surface area contributed by atoms with Crippen LogP contribution < -0.4 is 0 Å². The van der Waals surface area contributed by atoms with Crippen LogP contribution in [0.15, 0.2) is 29.2 Å². The molecular formula is C16H24N2O2S. The zero-order chi connectivity index (χ0) is 15.9. The topological polar surface area (TPSA) is 61.2 Å². The van der Waals surface area contributed by atoms with E-state index in [-0.39, 0.29) is 0 Å².